The molecule has 0 radical (unpaired) electrons. The molecule has 2 amide bonds. The molecule has 1 unspecified atom stereocenters. The van der Waals surface area contributed by atoms with Crippen LogP contribution in [0.15, 0.2) is 48.5 Å². The van der Waals surface area contributed by atoms with Gasteiger partial charge >= 0.3 is 12.1 Å². The Kier molecular flexibility index (Phi) is 6.12. The Morgan fingerprint density at radius 2 is 1.65 bits per heavy atom. The quantitative estimate of drug-likeness (QED) is 0.624. The van der Waals surface area contributed by atoms with Gasteiger partial charge in [-0.25, -0.2) is 9.59 Å². The molecular weight excluding hydrogens is 436 g/mol. The van der Waals surface area contributed by atoms with E-state index in [4.69, 9.17) is 4.74 Å². The molecule has 2 atom stereocenters. The number of rotatable bonds is 5. The van der Waals surface area contributed by atoms with E-state index in [0.717, 1.165) is 22.3 Å². The molecule has 2 aliphatic rings. The first-order valence-electron chi connectivity index (χ1n) is 11.4. The van der Waals surface area contributed by atoms with Crippen LogP contribution in [0.1, 0.15) is 44.2 Å². The number of ether oxygens (including phenoxy) is 1. The van der Waals surface area contributed by atoms with Gasteiger partial charge in [0, 0.05) is 18.9 Å². The fraction of sp³-hybridized carbons (Fsp3) is 0.423. The predicted octanol–water partition coefficient (Wildman–Crippen LogP) is 2.99. The summed E-state index contributed by atoms with van der Waals surface area (Å²) in [5.41, 5.74) is 1.79. The SMILES string of the molecule is CC(C)(C)[C@@H](NC(=O)OCC1c2ccccc2-c2ccccc21)C(=O)N1CCC(O)(C(=O)O)C1. The Balaban J connectivity index is 1.45. The summed E-state index contributed by atoms with van der Waals surface area (Å²) in [7, 11) is 0. The normalized spacial score (nSPS) is 20.4. The minimum atomic E-state index is -1.97. The highest BCUT2D eigenvalue weighted by molar-refractivity contribution is 5.88. The van der Waals surface area contributed by atoms with Gasteiger partial charge in [-0.15, -0.1) is 0 Å². The van der Waals surface area contributed by atoms with E-state index < -0.39 is 35.0 Å². The molecule has 0 bridgehead atoms. The van der Waals surface area contributed by atoms with E-state index in [1.165, 1.54) is 4.90 Å². The summed E-state index contributed by atoms with van der Waals surface area (Å²) in [6, 6.07) is 15.1. The zero-order valence-electron chi connectivity index (χ0n) is 19.6. The molecule has 1 saturated heterocycles. The zero-order chi connectivity index (χ0) is 24.7. The summed E-state index contributed by atoms with van der Waals surface area (Å²) >= 11 is 0. The highest BCUT2D eigenvalue weighted by Gasteiger charge is 2.47. The number of hydrogen-bond acceptors (Lipinski definition) is 5. The van der Waals surface area contributed by atoms with Crippen molar-refractivity contribution in [2.45, 2.75) is 44.8 Å². The van der Waals surface area contributed by atoms with Crippen LogP contribution in [0.3, 0.4) is 0 Å². The number of carbonyl (C=O) groups is 3. The molecule has 1 aliphatic heterocycles. The molecule has 180 valence electrons. The van der Waals surface area contributed by atoms with Gasteiger partial charge in [0.15, 0.2) is 5.60 Å². The smallest absolute Gasteiger partial charge is 0.407 e. The molecule has 0 aromatic heterocycles. The van der Waals surface area contributed by atoms with Crippen LogP contribution in [0.2, 0.25) is 0 Å². The lowest BCUT2D eigenvalue weighted by Gasteiger charge is -2.33. The van der Waals surface area contributed by atoms with Gasteiger partial charge in [-0.3, -0.25) is 4.79 Å². The second-order valence-corrected chi connectivity index (χ2v) is 10.1. The maximum Gasteiger partial charge on any atom is 0.407 e. The van der Waals surface area contributed by atoms with E-state index in [1.807, 2.05) is 36.4 Å². The molecule has 3 N–H and O–H groups in total. The highest BCUT2D eigenvalue weighted by atomic mass is 16.5. The Morgan fingerprint density at radius 3 is 2.15 bits per heavy atom. The second kappa shape index (κ2) is 8.76. The Hall–Kier alpha value is -3.39. The molecule has 8 heteroatoms. The van der Waals surface area contributed by atoms with Crippen LogP contribution in [-0.4, -0.2) is 64.4 Å². The number of alkyl carbamates (subject to hydrolysis) is 1. The standard InChI is InChI=1S/C26H30N2O6/c1-25(2,3)21(22(29)28-13-12-26(33,15-28)23(30)31)27-24(32)34-14-20-18-10-6-4-8-16(18)17-9-5-7-11-19(17)20/h4-11,20-21,33H,12-15H2,1-3H3,(H,27,32)(H,30,31)/t21-,26?/m0/s1. The summed E-state index contributed by atoms with van der Waals surface area (Å²) < 4.78 is 5.59. The average Bonchev–Trinajstić information content (AvgIpc) is 3.34. The van der Waals surface area contributed by atoms with E-state index in [2.05, 4.69) is 17.4 Å². The lowest BCUT2D eigenvalue weighted by molar-refractivity contribution is -0.157. The monoisotopic (exact) mass is 466 g/mol. The van der Waals surface area contributed by atoms with Crippen LogP contribution in [0.4, 0.5) is 4.79 Å². The van der Waals surface area contributed by atoms with E-state index in [9.17, 15) is 24.6 Å². The van der Waals surface area contributed by atoms with Crippen molar-refractivity contribution in [1.29, 1.82) is 0 Å². The van der Waals surface area contributed by atoms with E-state index in [-0.39, 0.29) is 32.0 Å². The van der Waals surface area contributed by atoms with Gasteiger partial charge in [0.1, 0.15) is 12.6 Å². The summed E-state index contributed by atoms with van der Waals surface area (Å²) in [6.45, 7) is 5.31. The van der Waals surface area contributed by atoms with Crippen molar-refractivity contribution in [3.8, 4) is 11.1 Å². The predicted molar refractivity (Wildman–Crippen MR) is 125 cm³/mol. The second-order valence-electron chi connectivity index (χ2n) is 10.1. The van der Waals surface area contributed by atoms with Gasteiger partial charge in [0.05, 0.1) is 6.54 Å². The first-order chi connectivity index (χ1) is 16.0. The fourth-order valence-electron chi connectivity index (χ4n) is 4.75. The van der Waals surface area contributed by atoms with Crippen molar-refractivity contribution in [3.63, 3.8) is 0 Å². The molecule has 4 rings (SSSR count). The van der Waals surface area contributed by atoms with E-state index in [0.29, 0.717) is 0 Å². The van der Waals surface area contributed by atoms with Crippen LogP contribution in [0.25, 0.3) is 11.1 Å². The summed E-state index contributed by atoms with van der Waals surface area (Å²) in [5.74, 6) is -1.91. The van der Waals surface area contributed by atoms with E-state index >= 15 is 0 Å². The molecule has 1 fully saturated rings. The van der Waals surface area contributed by atoms with Crippen molar-refractivity contribution in [2.75, 3.05) is 19.7 Å². The van der Waals surface area contributed by atoms with Crippen LogP contribution < -0.4 is 5.32 Å². The van der Waals surface area contributed by atoms with Gasteiger partial charge in [-0.2, -0.15) is 0 Å². The minimum Gasteiger partial charge on any atom is -0.479 e. The molecule has 0 spiro atoms. The fourth-order valence-corrected chi connectivity index (χ4v) is 4.75. The zero-order valence-corrected chi connectivity index (χ0v) is 19.6. The Bertz CT molecular complexity index is 1080. The van der Waals surface area contributed by atoms with Gasteiger partial charge in [-0.1, -0.05) is 69.3 Å². The third-order valence-corrected chi connectivity index (χ3v) is 6.68. The number of carbonyl (C=O) groups excluding carboxylic acids is 2. The molecule has 8 nitrogen and oxygen atoms in total. The topological polar surface area (TPSA) is 116 Å². The molecule has 2 aromatic carbocycles. The lowest BCUT2D eigenvalue weighted by Crippen LogP contribution is -2.55. The number of amides is 2. The van der Waals surface area contributed by atoms with E-state index in [1.54, 1.807) is 20.8 Å². The lowest BCUT2D eigenvalue weighted by atomic mass is 9.86. The minimum absolute atomic E-state index is 0.0596. The average molecular weight is 467 g/mol. The van der Waals surface area contributed by atoms with Gasteiger partial charge in [-0.05, 0) is 27.7 Å². The molecule has 34 heavy (non-hydrogen) atoms. The maximum atomic E-state index is 13.2. The summed E-state index contributed by atoms with van der Waals surface area (Å²) in [5, 5.41) is 22.1. The Morgan fingerprint density at radius 1 is 1.09 bits per heavy atom. The number of likely N-dealkylation sites (tertiary alicyclic amines) is 1. The van der Waals surface area contributed by atoms with Crippen molar-refractivity contribution < 1.29 is 29.3 Å². The van der Waals surface area contributed by atoms with Crippen molar-refractivity contribution in [3.05, 3.63) is 59.7 Å². The number of aliphatic hydroxyl groups is 1. The molecule has 1 aliphatic carbocycles. The van der Waals surface area contributed by atoms with Crippen molar-refractivity contribution in [2.24, 2.45) is 5.41 Å². The first-order valence-corrected chi connectivity index (χ1v) is 11.4. The van der Waals surface area contributed by atoms with Crippen LogP contribution in [0, 0.1) is 5.41 Å². The highest BCUT2D eigenvalue weighted by Crippen LogP contribution is 2.44. The van der Waals surface area contributed by atoms with Crippen molar-refractivity contribution >= 4 is 18.0 Å². The third-order valence-electron chi connectivity index (χ3n) is 6.68. The summed E-state index contributed by atoms with van der Waals surface area (Å²) in [4.78, 5) is 38.6. The Labute approximate surface area is 198 Å². The number of nitrogens with zero attached hydrogens (tertiary/aromatic N) is 1. The number of nitrogens with one attached hydrogen (secondary N) is 1. The maximum absolute atomic E-state index is 13.2. The first kappa shape index (κ1) is 23.8. The molecule has 0 saturated carbocycles. The van der Waals surface area contributed by atoms with Crippen LogP contribution in [-0.2, 0) is 14.3 Å². The molecule has 2 aromatic rings. The number of hydrogen-bond donors (Lipinski definition) is 3. The summed E-state index contributed by atoms with van der Waals surface area (Å²) in [6.07, 6.45) is -0.779. The number of benzene rings is 2. The third kappa shape index (κ3) is 4.37. The number of β-amino-alcohol motifs (C(OH)–C–C–N with tert-alkyl or cyclic N) is 1. The largest absolute Gasteiger partial charge is 0.479 e. The van der Waals surface area contributed by atoms with Gasteiger partial charge in [0.2, 0.25) is 5.91 Å². The van der Waals surface area contributed by atoms with Crippen LogP contribution >= 0.6 is 0 Å². The van der Waals surface area contributed by atoms with Crippen LogP contribution in [0.5, 0.6) is 0 Å². The van der Waals surface area contributed by atoms with Crippen molar-refractivity contribution in [1.82, 2.24) is 10.2 Å². The van der Waals surface area contributed by atoms with Gasteiger partial charge < -0.3 is 25.2 Å². The number of carboxylic acid groups (broad SMARTS) is 1. The number of aliphatic carboxylic acids is 1. The molecule has 1 heterocycles. The molecular formula is C26H30N2O6. The van der Waals surface area contributed by atoms with Gasteiger partial charge in [0.25, 0.3) is 0 Å². The number of carboxylic acids is 1. The number of fused-ring (bicyclic) bond motifs is 3.